The molecule has 15 heavy (non-hydrogen) atoms. The minimum absolute atomic E-state index is 0.476. The van der Waals surface area contributed by atoms with E-state index in [1.54, 1.807) is 0 Å². The molecule has 3 heteroatoms. The van der Waals surface area contributed by atoms with Crippen LogP contribution in [0.2, 0.25) is 0 Å². The summed E-state index contributed by atoms with van der Waals surface area (Å²) < 4.78 is 2.15. The average Bonchev–Trinajstić information content (AvgIpc) is 2.48. The first-order chi connectivity index (χ1) is 7.18. The van der Waals surface area contributed by atoms with Crippen molar-refractivity contribution in [1.29, 1.82) is 0 Å². The van der Waals surface area contributed by atoms with E-state index in [4.69, 9.17) is 0 Å². The third-order valence-corrected chi connectivity index (χ3v) is 2.58. The molecule has 0 aliphatic carbocycles. The average molecular weight is 209 g/mol. The Morgan fingerprint density at radius 2 is 2.00 bits per heavy atom. The van der Waals surface area contributed by atoms with Gasteiger partial charge in [0, 0.05) is 30.7 Å². The van der Waals surface area contributed by atoms with E-state index in [1.165, 1.54) is 5.69 Å². The first kappa shape index (κ1) is 12.2. The fourth-order valence-corrected chi connectivity index (χ4v) is 1.75. The molecule has 1 N–H and O–H groups in total. The van der Waals surface area contributed by atoms with Crippen LogP contribution in [0.4, 0.5) is 0 Å². The van der Waals surface area contributed by atoms with Gasteiger partial charge in [0.1, 0.15) is 0 Å². The molecular formula is C12H23N3. The van der Waals surface area contributed by atoms with Crippen LogP contribution in [0.25, 0.3) is 0 Å². The molecule has 2 heterocycles. The maximum Gasteiger partial charge on any atom is 0.0596 e. The van der Waals surface area contributed by atoms with Crippen molar-refractivity contribution in [2.45, 2.75) is 46.6 Å². The number of nitrogens with zero attached hydrogens (tertiary/aromatic N) is 2. The second-order valence-corrected chi connectivity index (χ2v) is 4.10. The van der Waals surface area contributed by atoms with Crippen LogP contribution in [0.5, 0.6) is 0 Å². The molecule has 3 nitrogen and oxygen atoms in total. The summed E-state index contributed by atoms with van der Waals surface area (Å²) in [5, 5.41) is 7.80. The molecule has 0 aromatic carbocycles. The summed E-state index contributed by atoms with van der Waals surface area (Å²) in [5.41, 5.74) is 2.53. The molecular weight excluding hydrogens is 186 g/mol. The van der Waals surface area contributed by atoms with Crippen LogP contribution in [0.1, 0.15) is 51.0 Å². The van der Waals surface area contributed by atoms with Gasteiger partial charge in [-0.2, -0.15) is 5.10 Å². The Bertz CT molecular complexity index is 298. The van der Waals surface area contributed by atoms with Crippen molar-refractivity contribution >= 4 is 0 Å². The lowest BCUT2D eigenvalue weighted by atomic mass is 9.99. The Morgan fingerprint density at radius 1 is 1.40 bits per heavy atom. The molecule has 0 amide bonds. The van der Waals surface area contributed by atoms with Crippen molar-refractivity contribution in [2.75, 3.05) is 13.1 Å². The van der Waals surface area contributed by atoms with Crippen LogP contribution in [-0.4, -0.2) is 22.9 Å². The van der Waals surface area contributed by atoms with Gasteiger partial charge in [-0.15, -0.1) is 0 Å². The highest BCUT2D eigenvalue weighted by atomic mass is 15.3. The number of aromatic nitrogens is 2. The molecule has 1 aromatic heterocycles. The Morgan fingerprint density at radius 3 is 2.40 bits per heavy atom. The normalized spacial score (nSPS) is 15.9. The molecule has 0 radical (unpaired) electrons. The molecule has 0 atom stereocenters. The van der Waals surface area contributed by atoms with Crippen LogP contribution >= 0.6 is 0 Å². The lowest BCUT2D eigenvalue weighted by molar-refractivity contribution is 0.398. The predicted molar refractivity (Wildman–Crippen MR) is 64.3 cm³/mol. The van der Waals surface area contributed by atoms with E-state index < -0.39 is 0 Å². The van der Waals surface area contributed by atoms with Crippen molar-refractivity contribution < 1.29 is 0 Å². The smallest absolute Gasteiger partial charge is 0.0596 e. The molecule has 2 rings (SSSR count). The number of aryl methyl sites for hydroxylation is 1. The predicted octanol–water partition coefficient (Wildman–Crippen LogP) is 2.49. The molecule has 86 valence electrons. The lowest BCUT2D eigenvalue weighted by Gasteiger charge is -2.28. The summed E-state index contributed by atoms with van der Waals surface area (Å²) in [6.45, 7) is 12.6. The second kappa shape index (κ2) is 5.31. The number of rotatable bonds is 2. The summed E-state index contributed by atoms with van der Waals surface area (Å²) in [5.74, 6) is 0.684. The summed E-state index contributed by atoms with van der Waals surface area (Å²) in [4.78, 5) is 0. The summed E-state index contributed by atoms with van der Waals surface area (Å²) in [6, 6.07) is 2.69. The maximum atomic E-state index is 4.50. The Balaban J connectivity index is 0.000000531. The Kier molecular flexibility index (Phi) is 4.33. The Hall–Kier alpha value is -0.830. The zero-order chi connectivity index (χ0) is 11.4. The third-order valence-electron chi connectivity index (χ3n) is 2.58. The molecule has 0 bridgehead atoms. The van der Waals surface area contributed by atoms with E-state index in [-0.39, 0.29) is 0 Å². The highest BCUT2D eigenvalue weighted by Gasteiger charge is 2.23. The summed E-state index contributed by atoms with van der Waals surface area (Å²) >= 11 is 0. The lowest BCUT2D eigenvalue weighted by Crippen LogP contribution is -2.41. The molecule has 1 aromatic rings. The quantitative estimate of drug-likeness (QED) is 0.811. The standard InChI is InChI=1S/C10H17N3.C2H6/c1-7(2)13-10(4-8(3)12-13)9-5-11-6-9;1-2/h4,7,9,11H,5-6H2,1-3H3;1-2H3. The summed E-state index contributed by atoms with van der Waals surface area (Å²) in [6.07, 6.45) is 0. The van der Waals surface area contributed by atoms with Crippen molar-refractivity contribution in [3.05, 3.63) is 17.5 Å². The highest BCUT2D eigenvalue weighted by molar-refractivity contribution is 5.18. The van der Waals surface area contributed by atoms with Gasteiger partial charge in [-0.1, -0.05) is 13.8 Å². The zero-order valence-corrected chi connectivity index (χ0v) is 10.5. The fourth-order valence-electron chi connectivity index (χ4n) is 1.75. The summed E-state index contributed by atoms with van der Waals surface area (Å²) in [7, 11) is 0. The van der Waals surface area contributed by atoms with Crippen LogP contribution in [0.3, 0.4) is 0 Å². The van der Waals surface area contributed by atoms with Gasteiger partial charge in [0.15, 0.2) is 0 Å². The topological polar surface area (TPSA) is 29.9 Å². The van der Waals surface area contributed by atoms with Gasteiger partial charge in [0.2, 0.25) is 0 Å². The van der Waals surface area contributed by atoms with Gasteiger partial charge in [-0.05, 0) is 26.8 Å². The van der Waals surface area contributed by atoms with E-state index in [2.05, 4.69) is 41.9 Å². The molecule has 1 aliphatic heterocycles. The van der Waals surface area contributed by atoms with Crippen LogP contribution in [0.15, 0.2) is 6.07 Å². The van der Waals surface area contributed by atoms with Gasteiger partial charge in [-0.25, -0.2) is 0 Å². The van der Waals surface area contributed by atoms with Gasteiger partial charge in [0.05, 0.1) is 5.69 Å². The van der Waals surface area contributed by atoms with E-state index in [0.29, 0.717) is 12.0 Å². The first-order valence-electron chi connectivity index (χ1n) is 5.95. The van der Waals surface area contributed by atoms with E-state index >= 15 is 0 Å². The largest absolute Gasteiger partial charge is 0.315 e. The molecule has 1 aliphatic rings. The van der Waals surface area contributed by atoms with Crippen LogP contribution in [-0.2, 0) is 0 Å². The van der Waals surface area contributed by atoms with Crippen molar-refractivity contribution in [1.82, 2.24) is 15.1 Å². The molecule has 1 saturated heterocycles. The second-order valence-electron chi connectivity index (χ2n) is 4.10. The number of hydrogen-bond donors (Lipinski definition) is 1. The van der Waals surface area contributed by atoms with Gasteiger partial charge in [0.25, 0.3) is 0 Å². The SMILES string of the molecule is CC.Cc1cc(C2CNC2)n(C(C)C)n1. The minimum atomic E-state index is 0.476. The Labute approximate surface area is 92.9 Å². The van der Waals surface area contributed by atoms with Crippen molar-refractivity contribution in [2.24, 2.45) is 0 Å². The van der Waals surface area contributed by atoms with Crippen LogP contribution in [0, 0.1) is 6.92 Å². The number of nitrogens with one attached hydrogen (secondary N) is 1. The van der Waals surface area contributed by atoms with Crippen molar-refractivity contribution in [3.63, 3.8) is 0 Å². The van der Waals surface area contributed by atoms with Gasteiger partial charge in [-0.3, -0.25) is 4.68 Å². The highest BCUT2D eigenvalue weighted by Crippen LogP contribution is 2.23. The first-order valence-corrected chi connectivity index (χ1v) is 5.95. The molecule has 1 fully saturated rings. The van der Waals surface area contributed by atoms with Gasteiger partial charge >= 0.3 is 0 Å². The van der Waals surface area contributed by atoms with Crippen molar-refractivity contribution in [3.8, 4) is 0 Å². The monoisotopic (exact) mass is 209 g/mol. The van der Waals surface area contributed by atoms with E-state index in [1.807, 2.05) is 13.8 Å². The van der Waals surface area contributed by atoms with Gasteiger partial charge < -0.3 is 5.32 Å². The fraction of sp³-hybridized carbons (Fsp3) is 0.750. The molecule has 0 saturated carbocycles. The van der Waals surface area contributed by atoms with Crippen LogP contribution < -0.4 is 5.32 Å². The third kappa shape index (κ3) is 2.59. The molecule has 0 spiro atoms. The maximum absolute atomic E-state index is 4.50. The van der Waals surface area contributed by atoms with E-state index in [0.717, 1.165) is 18.8 Å². The van der Waals surface area contributed by atoms with E-state index in [9.17, 15) is 0 Å². The molecule has 0 unspecified atom stereocenters. The minimum Gasteiger partial charge on any atom is -0.315 e. The zero-order valence-electron chi connectivity index (χ0n) is 10.5. The number of hydrogen-bond acceptors (Lipinski definition) is 2.